The van der Waals surface area contributed by atoms with Gasteiger partial charge in [-0.1, -0.05) is 56.5 Å². The number of amides is 1. The monoisotopic (exact) mass is 536 g/mol. The highest BCUT2D eigenvalue weighted by Crippen LogP contribution is 2.39. The molecule has 4 aromatic rings. The zero-order valence-electron chi connectivity index (χ0n) is 21.9. The maximum Gasteiger partial charge on any atom is 0.255 e. The van der Waals surface area contributed by atoms with Crippen molar-refractivity contribution in [3.63, 3.8) is 0 Å². The number of aromatic nitrogens is 2. The lowest BCUT2D eigenvalue weighted by Gasteiger charge is -2.22. The fourth-order valence-electron chi connectivity index (χ4n) is 4.59. The molecule has 8 heteroatoms. The fourth-order valence-corrected chi connectivity index (χ4v) is 5.43. The van der Waals surface area contributed by atoms with E-state index in [0.29, 0.717) is 33.7 Å². The molecule has 1 unspecified atom stereocenters. The molecule has 37 heavy (non-hydrogen) atoms. The van der Waals surface area contributed by atoms with E-state index in [1.165, 1.54) is 5.56 Å². The Labute approximate surface area is 228 Å². The van der Waals surface area contributed by atoms with Gasteiger partial charge in [0.15, 0.2) is 0 Å². The number of nitrogens with zero attached hydrogens (tertiary/aromatic N) is 3. The maximum absolute atomic E-state index is 13.0. The summed E-state index contributed by atoms with van der Waals surface area (Å²) in [4.78, 5) is 13.0. The van der Waals surface area contributed by atoms with Crippen LogP contribution in [0.3, 0.4) is 0 Å². The molecular formula is C29H33ClN4O2S. The molecule has 1 aliphatic heterocycles. The standard InChI is InChI=1S/C27H27ClN4O2S.C2H6/c1-17-7-6-14-32(35-3)23-16-31-22(15-20(17)23)25(27(33)29-2)26(30-31)18-10-12-19(13-11-18)34-24-9-5-4-8-21(24)28;1-2/h4-5,8-13,15-17H,6-7,14H2,1-3H3,(H,29,33);1-2H3. The summed E-state index contributed by atoms with van der Waals surface area (Å²) in [7, 11) is 1.65. The van der Waals surface area contributed by atoms with Crippen molar-refractivity contribution in [2.75, 3.05) is 24.2 Å². The highest BCUT2D eigenvalue weighted by atomic mass is 35.5. The van der Waals surface area contributed by atoms with Crippen LogP contribution >= 0.6 is 23.5 Å². The average molecular weight is 537 g/mol. The van der Waals surface area contributed by atoms with Gasteiger partial charge in [0, 0.05) is 25.4 Å². The molecule has 194 valence electrons. The Balaban J connectivity index is 0.00000156. The summed E-state index contributed by atoms with van der Waals surface area (Å²) in [5, 5.41) is 8.22. The first kappa shape index (κ1) is 26.9. The topological polar surface area (TPSA) is 58.9 Å². The van der Waals surface area contributed by atoms with Crippen LogP contribution in [0, 0.1) is 0 Å². The second-order valence-electron chi connectivity index (χ2n) is 8.63. The number of nitrogens with one attached hydrogen (secondary N) is 1. The Kier molecular flexibility index (Phi) is 8.67. The summed E-state index contributed by atoms with van der Waals surface area (Å²) >= 11 is 7.95. The number of carbonyl (C=O) groups excluding carboxylic acids is 1. The second kappa shape index (κ2) is 11.9. The van der Waals surface area contributed by atoms with Crippen molar-refractivity contribution >= 4 is 40.7 Å². The Bertz CT molecular complexity index is 1390. The second-order valence-corrected chi connectivity index (χ2v) is 9.84. The zero-order chi connectivity index (χ0) is 26.5. The van der Waals surface area contributed by atoms with E-state index >= 15 is 0 Å². The molecule has 1 aliphatic rings. The molecule has 2 aromatic heterocycles. The minimum Gasteiger partial charge on any atom is -0.456 e. The average Bonchev–Trinajstić information content (AvgIpc) is 3.23. The van der Waals surface area contributed by atoms with Gasteiger partial charge in [-0.2, -0.15) is 5.10 Å². The number of benzene rings is 2. The van der Waals surface area contributed by atoms with Crippen LogP contribution in [-0.2, 0) is 0 Å². The van der Waals surface area contributed by atoms with Gasteiger partial charge in [-0.3, -0.25) is 4.79 Å². The largest absolute Gasteiger partial charge is 0.456 e. The predicted octanol–water partition coefficient (Wildman–Crippen LogP) is 7.81. The lowest BCUT2D eigenvalue weighted by Crippen LogP contribution is -2.18. The molecule has 0 fully saturated rings. The molecule has 1 N–H and O–H groups in total. The molecule has 0 saturated carbocycles. The van der Waals surface area contributed by atoms with Crippen molar-refractivity contribution in [3.05, 3.63) is 76.9 Å². The summed E-state index contributed by atoms with van der Waals surface area (Å²) in [5.41, 5.74) is 5.27. The molecule has 3 heterocycles. The molecule has 5 rings (SSSR count). The number of ether oxygens (including phenoxy) is 1. The van der Waals surface area contributed by atoms with E-state index in [-0.39, 0.29) is 5.91 Å². The summed E-state index contributed by atoms with van der Waals surface area (Å²) in [5.74, 6) is 1.50. The first-order chi connectivity index (χ1) is 18.0. The third-order valence-electron chi connectivity index (χ3n) is 6.44. The number of halogens is 1. The predicted molar refractivity (Wildman–Crippen MR) is 155 cm³/mol. The number of carbonyl (C=O) groups is 1. The fraction of sp³-hybridized carbons (Fsp3) is 0.310. The molecule has 0 bridgehead atoms. The van der Waals surface area contributed by atoms with Gasteiger partial charge in [-0.15, -0.1) is 0 Å². The van der Waals surface area contributed by atoms with E-state index < -0.39 is 0 Å². The van der Waals surface area contributed by atoms with Crippen LogP contribution in [0.25, 0.3) is 16.8 Å². The molecule has 0 saturated heterocycles. The number of para-hydroxylation sites is 1. The van der Waals surface area contributed by atoms with Gasteiger partial charge in [0.1, 0.15) is 17.2 Å². The Morgan fingerprint density at radius 3 is 2.57 bits per heavy atom. The van der Waals surface area contributed by atoms with E-state index in [1.54, 1.807) is 25.1 Å². The number of anilines is 1. The Morgan fingerprint density at radius 1 is 1.16 bits per heavy atom. The summed E-state index contributed by atoms with van der Waals surface area (Å²) < 4.78 is 10.1. The smallest absolute Gasteiger partial charge is 0.255 e. The third kappa shape index (κ3) is 5.43. The number of pyridine rings is 1. The van der Waals surface area contributed by atoms with Gasteiger partial charge in [0.25, 0.3) is 5.91 Å². The highest BCUT2D eigenvalue weighted by Gasteiger charge is 2.26. The summed E-state index contributed by atoms with van der Waals surface area (Å²) in [6.45, 7) is 7.25. The molecule has 0 spiro atoms. The van der Waals surface area contributed by atoms with Gasteiger partial charge in [-0.25, -0.2) is 4.52 Å². The molecule has 2 aromatic carbocycles. The summed E-state index contributed by atoms with van der Waals surface area (Å²) in [6.07, 6.45) is 6.41. The van der Waals surface area contributed by atoms with Crippen LogP contribution in [0.4, 0.5) is 5.69 Å². The van der Waals surface area contributed by atoms with Crippen LogP contribution in [0.5, 0.6) is 11.5 Å². The van der Waals surface area contributed by atoms with Crippen LogP contribution in [0.1, 0.15) is 55.5 Å². The normalized spacial score (nSPS) is 14.9. The van der Waals surface area contributed by atoms with Gasteiger partial charge >= 0.3 is 0 Å². The van der Waals surface area contributed by atoms with E-state index in [0.717, 1.165) is 36.2 Å². The number of hydrogen-bond donors (Lipinski definition) is 1. The third-order valence-corrected chi connectivity index (χ3v) is 7.58. The first-order valence-corrected chi connectivity index (χ1v) is 14.2. The number of fused-ring (bicyclic) bond motifs is 2. The summed E-state index contributed by atoms with van der Waals surface area (Å²) in [6, 6.07) is 17.1. The lowest BCUT2D eigenvalue weighted by molar-refractivity contribution is 0.0965. The minimum atomic E-state index is -0.158. The molecular weight excluding hydrogens is 504 g/mol. The van der Waals surface area contributed by atoms with Crippen molar-refractivity contribution in [3.8, 4) is 22.8 Å². The Morgan fingerprint density at radius 2 is 1.89 bits per heavy atom. The molecule has 1 atom stereocenters. The number of rotatable bonds is 5. The van der Waals surface area contributed by atoms with Crippen LogP contribution in [0.15, 0.2) is 60.8 Å². The van der Waals surface area contributed by atoms with Gasteiger partial charge in [0.2, 0.25) is 0 Å². The van der Waals surface area contributed by atoms with Crippen LogP contribution in [0.2, 0.25) is 5.02 Å². The zero-order valence-corrected chi connectivity index (χ0v) is 23.5. The maximum atomic E-state index is 13.0. The van der Waals surface area contributed by atoms with Gasteiger partial charge in [-0.05, 0) is 66.8 Å². The van der Waals surface area contributed by atoms with E-state index in [1.807, 2.05) is 60.8 Å². The lowest BCUT2D eigenvalue weighted by atomic mass is 9.96. The minimum absolute atomic E-state index is 0.158. The van der Waals surface area contributed by atoms with Crippen molar-refractivity contribution < 1.29 is 9.53 Å². The SMILES string of the molecule is CC.CNC(=O)c1c(-c2ccc(Oc3ccccc3Cl)cc2)nn2cc3c(cc12)C(C)CCCN3SC. The number of hydrogen-bond acceptors (Lipinski definition) is 5. The molecule has 6 nitrogen and oxygen atoms in total. The van der Waals surface area contributed by atoms with Crippen molar-refractivity contribution in [2.24, 2.45) is 0 Å². The van der Waals surface area contributed by atoms with Gasteiger partial charge < -0.3 is 14.4 Å². The van der Waals surface area contributed by atoms with Crippen molar-refractivity contribution in [2.45, 2.75) is 39.5 Å². The quantitative estimate of drug-likeness (QED) is 0.263. The van der Waals surface area contributed by atoms with E-state index in [9.17, 15) is 4.79 Å². The van der Waals surface area contributed by atoms with E-state index in [4.69, 9.17) is 21.4 Å². The molecule has 0 aliphatic carbocycles. The Hall–Kier alpha value is -3.16. The van der Waals surface area contributed by atoms with E-state index in [2.05, 4.69) is 35.1 Å². The molecule has 1 amide bonds. The van der Waals surface area contributed by atoms with Crippen molar-refractivity contribution in [1.82, 2.24) is 14.9 Å². The van der Waals surface area contributed by atoms with Gasteiger partial charge in [0.05, 0.1) is 28.0 Å². The molecule has 0 radical (unpaired) electrons. The van der Waals surface area contributed by atoms with Crippen LogP contribution in [-0.4, -0.2) is 35.4 Å². The van der Waals surface area contributed by atoms with Crippen LogP contribution < -0.4 is 14.4 Å². The first-order valence-electron chi connectivity index (χ1n) is 12.6. The highest BCUT2D eigenvalue weighted by molar-refractivity contribution is 7.99. The van der Waals surface area contributed by atoms with Crippen molar-refractivity contribution in [1.29, 1.82) is 0 Å².